The molecule has 0 bridgehead atoms. The average Bonchev–Trinajstić information content (AvgIpc) is 3.29. The molecular formula is C18H21N3O2S. The Morgan fingerprint density at radius 2 is 2.25 bits per heavy atom. The Morgan fingerprint density at radius 1 is 1.33 bits per heavy atom. The predicted octanol–water partition coefficient (Wildman–Crippen LogP) is 2.56. The number of methoxy groups -OCH3 is 1. The normalized spacial score (nSPS) is 20.1. The number of nitrogens with zero attached hydrogens (tertiary/aromatic N) is 3. The minimum Gasteiger partial charge on any atom is -0.481 e. The van der Waals surface area contributed by atoms with E-state index in [-0.39, 0.29) is 11.8 Å². The van der Waals surface area contributed by atoms with E-state index >= 15 is 0 Å². The maximum atomic E-state index is 12.9. The molecule has 24 heavy (non-hydrogen) atoms. The van der Waals surface area contributed by atoms with Crippen LogP contribution in [0.25, 0.3) is 0 Å². The Morgan fingerprint density at radius 3 is 3.12 bits per heavy atom. The highest BCUT2D eigenvalue weighted by atomic mass is 32.1. The van der Waals surface area contributed by atoms with E-state index in [9.17, 15) is 4.79 Å². The Balaban J connectivity index is 1.42. The first-order valence-corrected chi connectivity index (χ1v) is 9.22. The molecular weight excluding hydrogens is 322 g/mol. The number of rotatable bonds is 3. The molecule has 0 saturated carbocycles. The Bertz CT molecular complexity index is 745. The summed E-state index contributed by atoms with van der Waals surface area (Å²) >= 11 is 1.81. The number of anilines is 1. The second kappa shape index (κ2) is 6.43. The lowest BCUT2D eigenvalue weighted by molar-refractivity contribution is -0.135. The minimum absolute atomic E-state index is 0.0678. The molecule has 1 unspecified atom stereocenters. The number of carbonyl (C=O) groups excluding carboxylic acids is 1. The second-order valence-corrected chi connectivity index (χ2v) is 7.35. The molecule has 0 radical (unpaired) electrons. The molecule has 4 rings (SSSR count). The number of pyridine rings is 1. The van der Waals surface area contributed by atoms with Gasteiger partial charge in [-0.15, -0.1) is 11.3 Å². The molecule has 1 fully saturated rings. The van der Waals surface area contributed by atoms with Gasteiger partial charge < -0.3 is 14.5 Å². The van der Waals surface area contributed by atoms with E-state index in [4.69, 9.17) is 4.74 Å². The lowest BCUT2D eigenvalue weighted by atomic mass is 10.0. The van der Waals surface area contributed by atoms with Gasteiger partial charge in [0, 0.05) is 37.1 Å². The largest absolute Gasteiger partial charge is 0.481 e. The van der Waals surface area contributed by atoms with E-state index in [0.717, 1.165) is 44.8 Å². The third kappa shape index (κ3) is 2.86. The number of carbonyl (C=O) groups is 1. The van der Waals surface area contributed by atoms with Crippen LogP contribution in [0.1, 0.15) is 16.9 Å². The maximum Gasteiger partial charge on any atom is 0.227 e. The van der Waals surface area contributed by atoms with Gasteiger partial charge in [0.05, 0.1) is 13.0 Å². The molecule has 1 amide bonds. The Labute approximate surface area is 145 Å². The number of hydrogen-bond acceptors (Lipinski definition) is 5. The summed E-state index contributed by atoms with van der Waals surface area (Å²) in [5, 5.41) is 2.13. The van der Waals surface area contributed by atoms with Crippen LogP contribution in [-0.2, 0) is 17.8 Å². The van der Waals surface area contributed by atoms with Crippen molar-refractivity contribution in [2.45, 2.75) is 19.4 Å². The van der Waals surface area contributed by atoms with Gasteiger partial charge in [-0.05, 0) is 35.9 Å². The SMILES string of the molecule is COc1cccc(N2CCC(C(=O)N3CCc4sccc4C3)C2)n1. The zero-order valence-corrected chi connectivity index (χ0v) is 14.6. The summed E-state index contributed by atoms with van der Waals surface area (Å²) in [6, 6.07) is 7.92. The molecule has 4 heterocycles. The average molecular weight is 343 g/mol. The summed E-state index contributed by atoms with van der Waals surface area (Å²) in [5.74, 6) is 1.86. The van der Waals surface area contributed by atoms with Crippen LogP contribution in [0.2, 0.25) is 0 Å². The Hall–Kier alpha value is -2.08. The molecule has 126 valence electrons. The van der Waals surface area contributed by atoms with Crippen LogP contribution >= 0.6 is 11.3 Å². The molecule has 0 spiro atoms. The van der Waals surface area contributed by atoms with Crippen molar-refractivity contribution >= 4 is 23.1 Å². The van der Waals surface area contributed by atoms with Gasteiger partial charge in [-0.25, -0.2) is 0 Å². The summed E-state index contributed by atoms with van der Waals surface area (Å²) in [7, 11) is 1.62. The van der Waals surface area contributed by atoms with E-state index < -0.39 is 0 Å². The minimum atomic E-state index is 0.0678. The smallest absolute Gasteiger partial charge is 0.227 e. The Kier molecular flexibility index (Phi) is 4.14. The molecule has 2 aromatic rings. The third-order valence-corrected chi connectivity index (χ3v) is 5.92. The zero-order chi connectivity index (χ0) is 16.5. The molecule has 2 aliphatic heterocycles. The highest BCUT2D eigenvalue weighted by Gasteiger charge is 2.33. The van der Waals surface area contributed by atoms with Gasteiger partial charge in [-0.1, -0.05) is 6.07 Å². The van der Waals surface area contributed by atoms with Gasteiger partial charge in [0.25, 0.3) is 0 Å². The number of thiophene rings is 1. The molecule has 2 aliphatic rings. The zero-order valence-electron chi connectivity index (χ0n) is 13.8. The van der Waals surface area contributed by atoms with Gasteiger partial charge in [0.1, 0.15) is 5.82 Å². The van der Waals surface area contributed by atoms with E-state index in [1.165, 1.54) is 10.4 Å². The first-order valence-electron chi connectivity index (χ1n) is 8.34. The van der Waals surface area contributed by atoms with Crippen molar-refractivity contribution in [2.75, 3.05) is 31.6 Å². The number of fused-ring (bicyclic) bond motifs is 1. The van der Waals surface area contributed by atoms with E-state index in [0.29, 0.717) is 5.88 Å². The summed E-state index contributed by atoms with van der Waals surface area (Å²) < 4.78 is 5.20. The van der Waals surface area contributed by atoms with Crippen molar-refractivity contribution in [1.82, 2.24) is 9.88 Å². The standard InChI is InChI=1S/C18H21N3O2S/c1-23-17-4-2-3-16(19-17)20-8-5-14(12-20)18(22)21-9-6-15-13(11-21)7-10-24-15/h2-4,7,10,14H,5-6,8-9,11-12H2,1H3. The fourth-order valence-electron chi connectivity index (χ4n) is 3.56. The van der Waals surface area contributed by atoms with Crippen LogP contribution in [-0.4, -0.2) is 42.5 Å². The van der Waals surface area contributed by atoms with Crippen LogP contribution in [0.15, 0.2) is 29.6 Å². The molecule has 1 saturated heterocycles. The van der Waals surface area contributed by atoms with E-state index in [1.807, 2.05) is 23.1 Å². The van der Waals surface area contributed by atoms with Crippen molar-refractivity contribution in [1.29, 1.82) is 0 Å². The first kappa shape index (κ1) is 15.4. The van der Waals surface area contributed by atoms with Crippen LogP contribution < -0.4 is 9.64 Å². The molecule has 6 heteroatoms. The molecule has 0 aromatic carbocycles. The second-order valence-electron chi connectivity index (χ2n) is 6.35. The maximum absolute atomic E-state index is 12.9. The summed E-state index contributed by atoms with van der Waals surface area (Å²) in [6.45, 7) is 3.23. The summed E-state index contributed by atoms with van der Waals surface area (Å²) in [6.07, 6.45) is 1.89. The monoisotopic (exact) mass is 343 g/mol. The third-order valence-electron chi connectivity index (χ3n) is 4.90. The van der Waals surface area contributed by atoms with Gasteiger partial charge in [-0.2, -0.15) is 4.98 Å². The predicted molar refractivity (Wildman–Crippen MR) is 94.5 cm³/mol. The molecule has 2 aromatic heterocycles. The lowest BCUT2D eigenvalue weighted by Gasteiger charge is -2.29. The number of ether oxygens (including phenoxy) is 1. The van der Waals surface area contributed by atoms with Crippen molar-refractivity contribution in [2.24, 2.45) is 5.92 Å². The molecule has 0 aliphatic carbocycles. The topological polar surface area (TPSA) is 45.7 Å². The number of amides is 1. The van der Waals surface area contributed by atoms with Crippen LogP contribution in [0, 0.1) is 5.92 Å². The van der Waals surface area contributed by atoms with Gasteiger partial charge >= 0.3 is 0 Å². The van der Waals surface area contributed by atoms with E-state index in [1.54, 1.807) is 18.4 Å². The van der Waals surface area contributed by atoms with Gasteiger partial charge in [0.15, 0.2) is 0 Å². The number of hydrogen-bond donors (Lipinski definition) is 0. The first-order chi connectivity index (χ1) is 11.7. The van der Waals surface area contributed by atoms with Crippen LogP contribution in [0.5, 0.6) is 5.88 Å². The van der Waals surface area contributed by atoms with E-state index in [2.05, 4.69) is 21.3 Å². The van der Waals surface area contributed by atoms with Crippen molar-refractivity contribution in [3.8, 4) is 5.88 Å². The van der Waals surface area contributed by atoms with Crippen LogP contribution in [0.4, 0.5) is 5.82 Å². The quantitative estimate of drug-likeness (QED) is 0.859. The fourth-order valence-corrected chi connectivity index (χ4v) is 4.45. The summed E-state index contributed by atoms with van der Waals surface area (Å²) in [4.78, 5) is 23.0. The molecule has 1 atom stereocenters. The summed E-state index contributed by atoms with van der Waals surface area (Å²) in [5.41, 5.74) is 1.32. The lowest BCUT2D eigenvalue weighted by Crippen LogP contribution is -2.40. The van der Waals surface area contributed by atoms with Crippen molar-refractivity contribution in [3.63, 3.8) is 0 Å². The van der Waals surface area contributed by atoms with Gasteiger partial charge in [0.2, 0.25) is 11.8 Å². The van der Waals surface area contributed by atoms with Crippen molar-refractivity contribution in [3.05, 3.63) is 40.1 Å². The number of aromatic nitrogens is 1. The van der Waals surface area contributed by atoms with Crippen LogP contribution in [0.3, 0.4) is 0 Å². The van der Waals surface area contributed by atoms with Gasteiger partial charge in [-0.3, -0.25) is 4.79 Å². The highest BCUT2D eigenvalue weighted by molar-refractivity contribution is 7.10. The molecule has 0 N–H and O–H groups in total. The molecule has 5 nitrogen and oxygen atoms in total. The van der Waals surface area contributed by atoms with Crippen molar-refractivity contribution < 1.29 is 9.53 Å². The highest BCUT2D eigenvalue weighted by Crippen LogP contribution is 2.28. The fraction of sp³-hybridized carbons (Fsp3) is 0.444.